The van der Waals surface area contributed by atoms with E-state index in [2.05, 4.69) is 10.0 Å². The molecule has 0 heterocycles. The summed E-state index contributed by atoms with van der Waals surface area (Å²) in [6, 6.07) is 22.5. The largest absolute Gasteiger partial charge is 0.491 e. The van der Waals surface area contributed by atoms with Crippen molar-refractivity contribution in [2.75, 3.05) is 30.7 Å². The number of rotatable bonds is 14. The Morgan fingerprint density at radius 1 is 0.976 bits per heavy atom. The van der Waals surface area contributed by atoms with E-state index in [0.717, 1.165) is 37.5 Å². The van der Waals surface area contributed by atoms with Crippen LogP contribution in [0.4, 0.5) is 5.69 Å². The SMILES string of the molecule is CCOC(=O)c1ccc(C2CCC(NC[C@H](O)COc3ccc(OCc4ccccc4)c(NS(C)(=O)=O)c3)CC2)cc1. The van der Waals surface area contributed by atoms with Gasteiger partial charge >= 0.3 is 5.97 Å². The molecule has 4 rings (SSSR count). The van der Waals surface area contributed by atoms with Gasteiger partial charge in [0.1, 0.15) is 30.8 Å². The standard InChI is InChI=1S/C32H40N2O7S/c1-3-39-32(36)26-11-9-24(10-12-26)25-13-15-27(16-14-25)33-20-28(35)22-40-29-17-18-31(30(19-29)34-42(2,37)38)41-21-23-7-5-4-6-8-23/h4-12,17-19,25,27-28,33-35H,3,13-16,20-22H2,1-2H3/t25?,27?,28-/m0/s1. The van der Waals surface area contributed by atoms with Gasteiger partial charge in [0.15, 0.2) is 0 Å². The molecule has 0 bridgehead atoms. The Bertz CT molecular complexity index is 1390. The zero-order valence-corrected chi connectivity index (χ0v) is 24.9. The van der Waals surface area contributed by atoms with Gasteiger partial charge in [0.25, 0.3) is 0 Å². The lowest BCUT2D eigenvalue weighted by Gasteiger charge is -2.30. The number of anilines is 1. The van der Waals surface area contributed by atoms with Crippen LogP contribution in [0, 0.1) is 0 Å². The van der Waals surface area contributed by atoms with E-state index in [4.69, 9.17) is 14.2 Å². The first-order valence-corrected chi connectivity index (χ1v) is 16.2. The number of carbonyl (C=O) groups is 1. The minimum absolute atomic E-state index is 0.0533. The maximum atomic E-state index is 11.9. The van der Waals surface area contributed by atoms with Gasteiger partial charge in [-0.1, -0.05) is 42.5 Å². The maximum absolute atomic E-state index is 11.9. The lowest BCUT2D eigenvalue weighted by molar-refractivity contribution is 0.0526. The van der Waals surface area contributed by atoms with Crippen molar-refractivity contribution >= 4 is 21.7 Å². The van der Waals surface area contributed by atoms with Crippen molar-refractivity contribution in [2.45, 2.75) is 57.3 Å². The van der Waals surface area contributed by atoms with Gasteiger partial charge in [0, 0.05) is 18.7 Å². The zero-order chi connectivity index (χ0) is 30.0. The number of hydrogen-bond donors (Lipinski definition) is 3. The fourth-order valence-corrected chi connectivity index (χ4v) is 5.59. The fourth-order valence-electron chi connectivity index (χ4n) is 5.03. The number of carbonyl (C=O) groups excluding carboxylic acids is 1. The molecule has 1 aliphatic carbocycles. The van der Waals surface area contributed by atoms with Crippen LogP contribution in [0.1, 0.15) is 60.0 Å². The summed E-state index contributed by atoms with van der Waals surface area (Å²) < 4.78 is 43.0. The van der Waals surface area contributed by atoms with Gasteiger partial charge in [0.05, 0.1) is 24.1 Å². The highest BCUT2D eigenvalue weighted by molar-refractivity contribution is 7.92. The average molecular weight is 597 g/mol. The number of esters is 1. The summed E-state index contributed by atoms with van der Waals surface area (Å²) in [6.45, 7) is 2.88. The Morgan fingerprint density at radius 3 is 2.36 bits per heavy atom. The number of sulfonamides is 1. The van der Waals surface area contributed by atoms with E-state index in [1.165, 1.54) is 5.56 Å². The molecule has 9 nitrogen and oxygen atoms in total. The summed E-state index contributed by atoms with van der Waals surface area (Å²) in [5.74, 6) is 0.948. The van der Waals surface area contributed by atoms with Crippen molar-refractivity contribution in [3.63, 3.8) is 0 Å². The maximum Gasteiger partial charge on any atom is 0.338 e. The molecular formula is C32H40N2O7S. The van der Waals surface area contributed by atoms with Crippen molar-refractivity contribution < 1.29 is 32.5 Å². The molecule has 0 amide bonds. The molecule has 0 unspecified atom stereocenters. The molecule has 0 aliphatic heterocycles. The van der Waals surface area contributed by atoms with Gasteiger partial charge in [-0.25, -0.2) is 13.2 Å². The van der Waals surface area contributed by atoms with Crippen molar-refractivity contribution in [2.24, 2.45) is 0 Å². The van der Waals surface area contributed by atoms with Gasteiger partial charge in [0.2, 0.25) is 10.0 Å². The van der Waals surface area contributed by atoms with Crippen LogP contribution in [0.25, 0.3) is 0 Å². The highest BCUT2D eigenvalue weighted by Crippen LogP contribution is 2.33. The van der Waals surface area contributed by atoms with E-state index in [9.17, 15) is 18.3 Å². The van der Waals surface area contributed by atoms with E-state index in [0.29, 0.717) is 42.2 Å². The van der Waals surface area contributed by atoms with Crippen LogP contribution >= 0.6 is 0 Å². The average Bonchev–Trinajstić information content (AvgIpc) is 2.99. The van der Waals surface area contributed by atoms with Gasteiger partial charge in [-0.05, 0) is 73.9 Å². The summed E-state index contributed by atoms with van der Waals surface area (Å²) in [5, 5.41) is 14.0. The lowest BCUT2D eigenvalue weighted by Crippen LogP contribution is -2.39. The molecular weight excluding hydrogens is 556 g/mol. The Kier molecular flexibility index (Phi) is 11.2. The molecule has 1 atom stereocenters. The van der Waals surface area contributed by atoms with Gasteiger partial charge in [-0.2, -0.15) is 0 Å². The zero-order valence-electron chi connectivity index (χ0n) is 24.1. The Morgan fingerprint density at radius 2 is 1.69 bits per heavy atom. The summed E-state index contributed by atoms with van der Waals surface area (Å²) in [4.78, 5) is 11.9. The first kappa shape index (κ1) is 31.3. The van der Waals surface area contributed by atoms with Crippen LogP contribution in [0.5, 0.6) is 11.5 Å². The molecule has 0 radical (unpaired) electrons. The van der Waals surface area contributed by atoms with E-state index in [1.54, 1.807) is 25.1 Å². The molecule has 10 heteroatoms. The highest BCUT2D eigenvalue weighted by Gasteiger charge is 2.23. The first-order chi connectivity index (χ1) is 20.2. The predicted octanol–water partition coefficient (Wildman–Crippen LogP) is 4.87. The third-order valence-corrected chi connectivity index (χ3v) is 7.78. The number of hydrogen-bond acceptors (Lipinski definition) is 8. The normalized spacial score (nSPS) is 17.7. The minimum atomic E-state index is -3.54. The Hall–Kier alpha value is -3.60. The summed E-state index contributed by atoms with van der Waals surface area (Å²) >= 11 is 0. The van der Waals surface area contributed by atoms with Crippen molar-refractivity contribution in [1.29, 1.82) is 0 Å². The summed E-state index contributed by atoms with van der Waals surface area (Å²) in [5.41, 5.74) is 3.03. The molecule has 1 saturated carbocycles. The highest BCUT2D eigenvalue weighted by atomic mass is 32.2. The molecule has 1 fully saturated rings. The quantitative estimate of drug-likeness (QED) is 0.225. The third kappa shape index (κ3) is 9.75. The molecule has 0 spiro atoms. The van der Waals surface area contributed by atoms with E-state index >= 15 is 0 Å². The second kappa shape index (κ2) is 15.0. The molecule has 3 aromatic carbocycles. The van der Waals surface area contributed by atoms with Crippen LogP contribution in [0.3, 0.4) is 0 Å². The topological polar surface area (TPSA) is 123 Å². The number of nitrogens with one attached hydrogen (secondary N) is 2. The van der Waals surface area contributed by atoms with Gasteiger partial charge in [-0.15, -0.1) is 0 Å². The second-order valence-corrected chi connectivity index (χ2v) is 12.3. The lowest BCUT2D eigenvalue weighted by atomic mass is 9.81. The van der Waals surface area contributed by atoms with Crippen LogP contribution in [0.2, 0.25) is 0 Å². The molecule has 0 aromatic heterocycles. The molecule has 3 N–H and O–H groups in total. The molecule has 226 valence electrons. The molecule has 42 heavy (non-hydrogen) atoms. The van der Waals surface area contributed by atoms with E-state index < -0.39 is 16.1 Å². The van der Waals surface area contributed by atoms with Gasteiger partial charge < -0.3 is 24.6 Å². The van der Waals surface area contributed by atoms with Crippen molar-refractivity contribution in [1.82, 2.24) is 5.32 Å². The van der Waals surface area contributed by atoms with Crippen molar-refractivity contribution in [3.05, 3.63) is 89.5 Å². The van der Waals surface area contributed by atoms with Crippen LogP contribution in [-0.2, 0) is 21.4 Å². The van der Waals surface area contributed by atoms with E-state index in [1.807, 2.05) is 54.6 Å². The predicted molar refractivity (Wildman–Crippen MR) is 163 cm³/mol. The number of aliphatic hydroxyl groups is 1. The molecule has 1 aliphatic rings. The van der Waals surface area contributed by atoms with Crippen LogP contribution in [-0.4, -0.2) is 57.7 Å². The second-order valence-electron chi connectivity index (χ2n) is 10.6. The molecule has 0 saturated heterocycles. The van der Waals surface area contributed by atoms with Crippen LogP contribution < -0.4 is 19.5 Å². The number of ether oxygens (including phenoxy) is 3. The third-order valence-electron chi connectivity index (χ3n) is 7.19. The Labute approximate surface area is 248 Å². The van der Waals surface area contributed by atoms with Crippen LogP contribution in [0.15, 0.2) is 72.8 Å². The molecule has 3 aromatic rings. The smallest absolute Gasteiger partial charge is 0.338 e. The van der Waals surface area contributed by atoms with Crippen molar-refractivity contribution in [3.8, 4) is 11.5 Å². The van der Waals surface area contributed by atoms with E-state index in [-0.39, 0.29) is 24.9 Å². The minimum Gasteiger partial charge on any atom is -0.491 e. The summed E-state index contributed by atoms with van der Waals surface area (Å²) in [7, 11) is -3.54. The summed E-state index contributed by atoms with van der Waals surface area (Å²) in [6.07, 6.45) is 4.37. The Balaban J connectivity index is 1.22. The monoisotopic (exact) mass is 596 g/mol. The fraction of sp³-hybridized carbons (Fsp3) is 0.406. The van der Waals surface area contributed by atoms with Gasteiger partial charge in [-0.3, -0.25) is 4.72 Å². The number of aliphatic hydroxyl groups excluding tert-OH is 1. The first-order valence-electron chi connectivity index (χ1n) is 14.3. The number of benzene rings is 3.